The molecule has 20 heavy (non-hydrogen) atoms. The number of aromatic nitrogens is 1. The van der Waals surface area contributed by atoms with Crippen molar-refractivity contribution in [3.63, 3.8) is 0 Å². The Hall–Kier alpha value is -1.34. The Bertz CT molecular complexity index is 500. The summed E-state index contributed by atoms with van der Waals surface area (Å²) < 4.78 is 1.02. The number of piperazine rings is 1. The summed E-state index contributed by atoms with van der Waals surface area (Å²) in [5, 5.41) is 11.8. The van der Waals surface area contributed by atoms with E-state index in [2.05, 4.69) is 41.9 Å². The molecule has 1 fully saturated rings. The van der Waals surface area contributed by atoms with E-state index in [9.17, 15) is 0 Å². The Labute approximate surface area is 127 Å². The van der Waals surface area contributed by atoms with Crippen molar-refractivity contribution in [2.45, 2.75) is 19.9 Å². The van der Waals surface area contributed by atoms with Crippen LogP contribution in [0.1, 0.15) is 12.5 Å². The van der Waals surface area contributed by atoms with Crippen LogP contribution < -0.4 is 10.6 Å². The van der Waals surface area contributed by atoms with Crippen LogP contribution in [0.3, 0.4) is 0 Å². The Morgan fingerprint density at radius 1 is 1.45 bits per heavy atom. The Morgan fingerprint density at radius 2 is 2.10 bits per heavy atom. The monoisotopic (exact) mass is 341 g/mol. The van der Waals surface area contributed by atoms with E-state index in [4.69, 9.17) is 10.9 Å². The second-order valence-corrected chi connectivity index (χ2v) is 5.90. The third-order valence-corrected chi connectivity index (χ3v) is 4.25. The first-order valence-electron chi connectivity index (χ1n) is 6.61. The molecule has 1 aromatic rings. The molecule has 1 aromatic heterocycles. The molecular weight excluding hydrogens is 322 g/mol. The molecule has 0 amide bonds. The molecule has 0 bridgehead atoms. The lowest BCUT2D eigenvalue weighted by Crippen LogP contribution is -2.53. The van der Waals surface area contributed by atoms with Gasteiger partial charge in [0.1, 0.15) is 5.82 Å². The van der Waals surface area contributed by atoms with Gasteiger partial charge in [0.15, 0.2) is 5.84 Å². The lowest BCUT2D eigenvalue weighted by atomic mass is 10.2. The Morgan fingerprint density at radius 3 is 2.65 bits per heavy atom. The summed E-state index contributed by atoms with van der Waals surface area (Å²) >= 11 is 3.57. The molecule has 0 spiro atoms. The summed E-state index contributed by atoms with van der Waals surface area (Å²) in [5.41, 5.74) is 6.80. The maximum atomic E-state index is 8.74. The maximum absolute atomic E-state index is 8.74. The van der Waals surface area contributed by atoms with Gasteiger partial charge < -0.3 is 15.8 Å². The highest BCUT2D eigenvalue weighted by molar-refractivity contribution is 9.10. The van der Waals surface area contributed by atoms with Gasteiger partial charge in [0.25, 0.3) is 0 Å². The zero-order chi connectivity index (χ0) is 14.7. The van der Waals surface area contributed by atoms with Crippen LogP contribution in [-0.2, 0) is 0 Å². The third-order valence-electron chi connectivity index (χ3n) is 3.66. The topological polar surface area (TPSA) is 78.0 Å². The summed E-state index contributed by atoms with van der Waals surface area (Å²) in [6.45, 7) is 7.44. The molecule has 0 aromatic carbocycles. The van der Waals surface area contributed by atoms with Crippen molar-refractivity contribution in [3.05, 3.63) is 22.3 Å². The summed E-state index contributed by atoms with van der Waals surface area (Å²) in [7, 11) is 0. The number of anilines is 1. The minimum atomic E-state index is -0.0448. The fourth-order valence-corrected chi connectivity index (χ4v) is 3.06. The normalized spacial score (nSPS) is 19.1. The number of hydrogen-bond acceptors (Lipinski definition) is 5. The molecule has 1 aliphatic heterocycles. The zero-order valence-corrected chi connectivity index (χ0v) is 13.3. The van der Waals surface area contributed by atoms with Crippen LogP contribution in [0.15, 0.2) is 21.9 Å². The smallest absolute Gasteiger partial charge is 0.156 e. The van der Waals surface area contributed by atoms with E-state index in [-0.39, 0.29) is 11.9 Å². The molecular formula is C13H20BrN5O. The van der Waals surface area contributed by atoms with Crippen molar-refractivity contribution in [1.29, 1.82) is 0 Å². The van der Waals surface area contributed by atoms with Gasteiger partial charge in [-0.1, -0.05) is 5.16 Å². The fraction of sp³-hybridized carbons (Fsp3) is 0.538. The molecule has 1 saturated heterocycles. The highest BCUT2D eigenvalue weighted by Crippen LogP contribution is 2.25. The predicted octanol–water partition coefficient (Wildman–Crippen LogP) is 1.41. The Kier molecular flexibility index (Phi) is 4.82. The maximum Gasteiger partial charge on any atom is 0.156 e. The highest BCUT2D eigenvalue weighted by Gasteiger charge is 2.24. The average molecular weight is 342 g/mol. The number of hydrogen-bond donors (Lipinski definition) is 2. The van der Waals surface area contributed by atoms with Gasteiger partial charge in [0, 0.05) is 32.4 Å². The SMILES string of the molecule is Cc1cnc(N2CCN(C(C)C(N)=NO)CC2)c(Br)c1. The minimum absolute atomic E-state index is 0.0448. The molecule has 1 unspecified atom stereocenters. The molecule has 1 atom stereocenters. The van der Waals surface area contributed by atoms with Crippen LogP contribution in [0, 0.1) is 6.92 Å². The predicted molar refractivity (Wildman–Crippen MR) is 83.3 cm³/mol. The number of rotatable bonds is 3. The van der Waals surface area contributed by atoms with E-state index in [0.29, 0.717) is 0 Å². The minimum Gasteiger partial charge on any atom is -0.409 e. The van der Waals surface area contributed by atoms with E-state index in [1.54, 1.807) is 0 Å². The van der Waals surface area contributed by atoms with Gasteiger partial charge in [0.2, 0.25) is 0 Å². The molecule has 0 saturated carbocycles. The Balaban J connectivity index is 2.01. The van der Waals surface area contributed by atoms with Crippen molar-refractivity contribution >= 4 is 27.6 Å². The first-order valence-corrected chi connectivity index (χ1v) is 7.40. The van der Waals surface area contributed by atoms with Gasteiger partial charge in [0.05, 0.1) is 10.5 Å². The fourth-order valence-electron chi connectivity index (χ4n) is 2.35. The van der Waals surface area contributed by atoms with Gasteiger partial charge in [-0.3, -0.25) is 4.90 Å². The van der Waals surface area contributed by atoms with Gasteiger partial charge in [-0.05, 0) is 41.4 Å². The summed E-state index contributed by atoms with van der Waals surface area (Å²) in [4.78, 5) is 8.95. The number of nitrogens with zero attached hydrogens (tertiary/aromatic N) is 4. The van der Waals surface area contributed by atoms with Crippen LogP contribution in [0.4, 0.5) is 5.82 Å². The van der Waals surface area contributed by atoms with Crippen LogP contribution in [0.5, 0.6) is 0 Å². The molecule has 0 radical (unpaired) electrons. The summed E-state index contributed by atoms with van der Waals surface area (Å²) in [6, 6.07) is 2.03. The average Bonchev–Trinajstić information content (AvgIpc) is 2.46. The molecule has 2 rings (SSSR count). The quantitative estimate of drug-likeness (QED) is 0.376. The van der Waals surface area contributed by atoms with Crippen LogP contribution in [0.25, 0.3) is 0 Å². The first kappa shape index (κ1) is 15.1. The van der Waals surface area contributed by atoms with E-state index in [1.165, 1.54) is 0 Å². The van der Waals surface area contributed by atoms with Crippen molar-refractivity contribution in [1.82, 2.24) is 9.88 Å². The molecule has 7 heteroatoms. The standard InChI is InChI=1S/C13H20BrN5O/c1-9-7-11(14)13(16-8-9)19-5-3-18(4-6-19)10(2)12(15)17-20/h7-8,10,20H,3-6H2,1-2H3,(H2,15,17). The van der Waals surface area contributed by atoms with Crippen molar-refractivity contribution in [2.24, 2.45) is 10.9 Å². The van der Waals surface area contributed by atoms with Gasteiger partial charge >= 0.3 is 0 Å². The lowest BCUT2D eigenvalue weighted by Gasteiger charge is -2.38. The van der Waals surface area contributed by atoms with E-state index >= 15 is 0 Å². The van der Waals surface area contributed by atoms with Crippen LogP contribution >= 0.6 is 15.9 Å². The van der Waals surface area contributed by atoms with Crippen molar-refractivity contribution in [3.8, 4) is 0 Å². The summed E-state index contributed by atoms with van der Waals surface area (Å²) in [5.74, 6) is 1.24. The number of amidine groups is 1. The van der Waals surface area contributed by atoms with Crippen molar-refractivity contribution < 1.29 is 5.21 Å². The molecule has 1 aliphatic rings. The summed E-state index contributed by atoms with van der Waals surface area (Å²) in [6.07, 6.45) is 1.88. The second kappa shape index (κ2) is 6.41. The molecule has 0 aliphatic carbocycles. The van der Waals surface area contributed by atoms with E-state index in [1.807, 2.05) is 20.0 Å². The lowest BCUT2D eigenvalue weighted by molar-refractivity contribution is 0.229. The van der Waals surface area contributed by atoms with Crippen LogP contribution in [-0.4, -0.2) is 53.1 Å². The number of oxime groups is 1. The van der Waals surface area contributed by atoms with Crippen LogP contribution in [0.2, 0.25) is 0 Å². The number of nitrogens with two attached hydrogens (primary N) is 1. The largest absolute Gasteiger partial charge is 0.409 e. The van der Waals surface area contributed by atoms with E-state index < -0.39 is 0 Å². The number of aryl methyl sites for hydroxylation is 1. The number of halogens is 1. The van der Waals surface area contributed by atoms with Gasteiger partial charge in [-0.25, -0.2) is 4.98 Å². The highest BCUT2D eigenvalue weighted by atomic mass is 79.9. The second-order valence-electron chi connectivity index (χ2n) is 5.04. The molecule has 2 heterocycles. The molecule has 3 N–H and O–H groups in total. The van der Waals surface area contributed by atoms with Gasteiger partial charge in [-0.2, -0.15) is 0 Å². The number of pyridine rings is 1. The first-order chi connectivity index (χ1) is 9.52. The van der Waals surface area contributed by atoms with E-state index in [0.717, 1.165) is 42.0 Å². The zero-order valence-electron chi connectivity index (χ0n) is 11.8. The van der Waals surface area contributed by atoms with Gasteiger partial charge in [-0.15, -0.1) is 0 Å². The van der Waals surface area contributed by atoms with Crippen molar-refractivity contribution in [2.75, 3.05) is 31.1 Å². The molecule has 6 nitrogen and oxygen atoms in total. The molecule has 110 valence electrons. The third kappa shape index (κ3) is 3.21.